The van der Waals surface area contributed by atoms with Gasteiger partial charge in [0.05, 0.1) is 12.2 Å². The van der Waals surface area contributed by atoms with Crippen LogP contribution in [0.25, 0.3) is 0 Å². The fourth-order valence-corrected chi connectivity index (χ4v) is 2.70. The highest BCUT2D eigenvalue weighted by Crippen LogP contribution is 2.16. The topological polar surface area (TPSA) is 45.5 Å². The summed E-state index contributed by atoms with van der Waals surface area (Å²) in [6, 6.07) is 0. The van der Waals surface area contributed by atoms with Crippen molar-refractivity contribution in [1.82, 2.24) is 20.0 Å². The number of aliphatic imine (C=N–C) groups is 1. The predicted molar refractivity (Wildman–Crippen MR) is 94.3 cm³/mol. The predicted octanol–water partition coefficient (Wildman–Crippen LogP) is 2.74. The molecule has 0 amide bonds. The van der Waals surface area contributed by atoms with Gasteiger partial charge in [-0.3, -0.25) is 4.68 Å². The lowest BCUT2D eigenvalue weighted by Crippen LogP contribution is -2.39. The second kappa shape index (κ2) is 9.49. The van der Waals surface area contributed by atoms with Gasteiger partial charge in [0.15, 0.2) is 5.96 Å². The van der Waals surface area contributed by atoms with E-state index in [-0.39, 0.29) is 0 Å². The first-order valence-electron chi connectivity index (χ1n) is 8.61. The molecule has 0 spiro atoms. The van der Waals surface area contributed by atoms with Gasteiger partial charge in [-0.15, -0.1) is 0 Å². The number of nitrogens with one attached hydrogen (secondary N) is 1. The van der Waals surface area contributed by atoms with E-state index in [9.17, 15) is 0 Å². The summed E-state index contributed by atoms with van der Waals surface area (Å²) in [7, 11) is 4.14. The minimum absolute atomic E-state index is 0.707. The molecule has 0 atom stereocenters. The van der Waals surface area contributed by atoms with Gasteiger partial charge in [-0.05, 0) is 26.2 Å². The maximum absolute atomic E-state index is 4.85. The highest BCUT2D eigenvalue weighted by molar-refractivity contribution is 5.79. The van der Waals surface area contributed by atoms with Gasteiger partial charge in [0, 0.05) is 38.4 Å². The summed E-state index contributed by atoms with van der Waals surface area (Å²) in [6.07, 6.45) is 4.35. The van der Waals surface area contributed by atoms with Crippen molar-refractivity contribution in [1.29, 1.82) is 0 Å². The van der Waals surface area contributed by atoms with Crippen LogP contribution in [0.1, 0.15) is 57.5 Å². The van der Waals surface area contributed by atoms with Gasteiger partial charge in [0.25, 0.3) is 0 Å². The van der Waals surface area contributed by atoms with E-state index in [1.807, 2.05) is 11.7 Å². The van der Waals surface area contributed by atoms with Crippen LogP contribution in [-0.4, -0.2) is 40.8 Å². The second-order valence-corrected chi connectivity index (χ2v) is 5.65. The Morgan fingerprint density at radius 1 is 1.23 bits per heavy atom. The van der Waals surface area contributed by atoms with Crippen molar-refractivity contribution in [3.8, 4) is 0 Å². The van der Waals surface area contributed by atoms with E-state index < -0.39 is 0 Å². The lowest BCUT2D eigenvalue weighted by Gasteiger charge is -2.21. The summed E-state index contributed by atoms with van der Waals surface area (Å²) in [5, 5.41) is 8.02. The van der Waals surface area contributed by atoms with E-state index >= 15 is 0 Å². The minimum Gasteiger partial charge on any atom is -0.357 e. The molecule has 0 bridgehead atoms. The molecule has 0 fully saturated rings. The molecule has 0 aliphatic rings. The van der Waals surface area contributed by atoms with Crippen LogP contribution in [0.3, 0.4) is 0 Å². The largest absolute Gasteiger partial charge is 0.357 e. The fraction of sp³-hybridized carbons (Fsp3) is 0.765. The van der Waals surface area contributed by atoms with Crippen LogP contribution in [0, 0.1) is 0 Å². The number of guanidine groups is 1. The first-order chi connectivity index (χ1) is 10.6. The van der Waals surface area contributed by atoms with Crippen LogP contribution < -0.4 is 5.32 Å². The summed E-state index contributed by atoms with van der Waals surface area (Å²) in [5.74, 6) is 0.990. The number of nitrogens with zero attached hydrogens (tertiary/aromatic N) is 4. The molecule has 0 radical (unpaired) electrons. The molecule has 0 aliphatic carbocycles. The monoisotopic (exact) mass is 307 g/mol. The number of aromatic nitrogens is 2. The van der Waals surface area contributed by atoms with Crippen LogP contribution >= 0.6 is 0 Å². The van der Waals surface area contributed by atoms with Crippen molar-refractivity contribution in [3.05, 3.63) is 17.0 Å². The molecule has 0 aliphatic heterocycles. The molecule has 5 heteroatoms. The van der Waals surface area contributed by atoms with Crippen LogP contribution in [0.2, 0.25) is 0 Å². The van der Waals surface area contributed by atoms with Gasteiger partial charge >= 0.3 is 0 Å². The molecule has 0 saturated carbocycles. The Hall–Kier alpha value is -1.52. The van der Waals surface area contributed by atoms with Crippen molar-refractivity contribution in [2.75, 3.05) is 20.1 Å². The van der Waals surface area contributed by atoms with E-state index in [1.54, 1.807) is 0 Å². The van der Waals surface area contributed by atoms with Crippen molar-refractivity contribution in [2.45, 2.75) is 59.9 Å². The summed E-state index contributed by atoms with van der Waals surface area (Å²) in [5.41, 5.74) is 3.77. The van der Waals surface area contributed by atoms with Crippen molar-refractivity contribution in [3.63, 3.8) is 0 Å². The zero-order valence-electron chi connectivity index (χ0n) is 15.2. The molecule has 0 unspecified atom stereocenters. The van der Waals surface area contributed by atoms with E-state index in [4.69, 9.17) is 4.99 Å². The number of rotatable bonds is 8. The van der Waals surface area contributed by atoms with Crippen LogP contribution in [0.4, 0.5) is 0 Å². The second-order valence-electron chi connectivity index (χ2n) is 5.65. The molecule has 22 heavy (non-hydrogen) atoms. The maximum Gasteiger partial charge on any atom is 0.193 e. The molecule has 1 heterocycles. The first kappa shape index (κ1) is 18.5. The summed E-state index contributed by atoms with van der Waals surface area (Å²) >= 11 is 0. The SMILES string of the molecule is CCCCN(C)C(=NCc1c(CC)nn(C)c1CC)NCC. The summed E-state index contributed by atoms with van der Waals surface area (Å²) < 4.78 is 2.01. The number of hydrogen-bond acceptors (Lipinski definition) is 2. The molecule has 0 aromatic carbocycles. The molecular formula is C17H33N5. The van der Waals surface area contributed by atoms with Crippen LogP contribution in [0.15, 0.2) is 4.99 Å². The molecule has 1 aromatic rings. The van der Waals surface area contributed by atoms with Gasteiger partial charge in [-0.1, -0.05) is 27.2 Å². The average Bonchev–Trinajstić information content (AvgIpc) is 2.83. The fourth-order valence-electron chi connectivity index (χ4n) is 2.70. The molecule has 1 N–H and O–H groups in total. The molecular weight excluding hydrogens is 274 g/mol. The van der Waals surface area contributed by atoms with Gasteiger partial charge in [0.2, 0.25) is 0 Å². The van der Waals surface area contributed by atoms with Gasteiger partial charge in [-0.25, -0.2) is 4.99 Å². The van der Waals surface area contributed by atoms with E-state index in [1.165, 1.54) is 29.8 Å². The highest BCUT2D eigenvalue weighted by atomic mass is 15.3. The lowest BCUT2D eigenvalue weighted by molar-refractivity contribution is 0.464. The van der Waals surface area contributed by atoms with Crippen molar-refractivity contribution in [2.24, 2.45) is 12.0 Å². The summed E-state index contributed by atoms with van der Waals surface area (Å²) in [4.78, 5) is 7.07. The van der Waals surface area contributed by atoms with Crippen molar-refractivity contribution >= 4 is 5.96 Å². The molecule has 1 aromatic heterocycles. The Morgan fingerprint density at radius 3 is 2.50 bits per heavy atom. The van der Waals surface area contributed by atoms with E-state index in [0.29, 0.717) is 6.54 Å². The zero-order valence-corrected chi connectivity index (χ0v) is 15.2. The van der Waals surface area contributed by atoms with E-state index in [0.717, 1.165) is 31.9 Å². The maximum atomic E-state index is 4.85. The standard InChI is InChI=1S/C17H33N5/c1-7-11-12-21(5)17(18-10-4)19-13-14-15(8-2)20-22(6)16(14)9-3/h7-13H2,1-6H3,(H,18,19). The number of aryl methyl sites for hydroxylation is 2. The molecule has 0 saturated heterocycles. The number of hydrogen-bond donors (Lipinski definition) is 1. The highest BCUT2D eigenvalue weighted by Gasteiger charge is 2.14. The van der Waals surface area contributed by atoms with Gasteiger partial charge in [0.1, 0.15) is 0 Å². The quantitative estimate of drug-likeness (QED) is 0.593. The normalized spacial score (nSPS) is 11.8. The van der Waals surface area contributed by atoms with Gasteiger partial charge in [-0.2, -0.15) is 5.10 Å². The third kappa shape index (κ3) is 4.75. The van der Waals surface area contributed by atoms with E-state index in [2.05, 4.69) is 50.1 Å². The average molecular weight is 307 g/mol. The Kier molecular flexibility index (Phi) is 7.99. The Labute approximate surface area is 135 Å². The Morgan fingerprint density at radius 2 is 1.95 bits per heavy atom. The Bertz CT molecular complexity index is 476. The number of unbranched alkanes of at least 4 members (excludes halogenated alkanes) is 1. The van der Waals surface area contributed by atoms with Crippen LogP contribution in [0.5, 0.6) is 0 Å². The summed E-state index contributed by atoms with van der Waals surface area (Å²) in [6.45, 7) is 11.3. The Balaban J connectivity index is 2.94. The van der Waals surface area contributed by atoms with Crippen LogP contribution in [-0.2, 0) is 26.4 Å². The molecule has 5 nitrogen and oxygen atoms in total. The minimum atomic E-state index is 0.707. The van der Waals surface area contributed by atoms with Crippen molar-refractivity contribution < 1.29 is 0 Å². The molecule has 126 valence electrons. The third-order valence-corrected chi connectivity index (χ3v) is 3.96. The smallest absolute Gasteiger partial charge is 0.193 e. The molecule has 1 rings (SSSR count). The first-order valence-corrected chi connectivity index (χ1v) is 8.61. The lowest BCUT2D eigenvalue weighted by atomic mass is 10.1. The zero-order chi connectivity index (χ0) is 16.5. The van der Waals surface area contributed by atoms with Gasteiger partial charge < -0.3 is 10.2 Å². The third-order valence-electron chi connectivity index (χ3n) is 3.96.